The Bertz CT molecular complexity index is 884. The maximum atomic E-state index is 12.8. The topological polar surface area (TPSA) is 115 Å². The van der Waals surface area contributed by atoms with Crippen LogP contribution in [0.25, 0.3) is 0 Å². The van der Waals surface area contributed by atoms with Gasteiger partial charge in [0.05, 0.1) is 23.7 Å². The highest BCUT2D eigenvalue weighted by Gasteiger charge is 2.22. The van der Waals surface area contributed by atoms with Crippen LogP contribution in [0.1, 0.15) is 171 Å². The van der Waals surface area contributed by atoms with Gasteiger partial charge < -0.3 is 23.8 Å². The third-order valence-corrected chi connectivity index (χ3v) is 11.6. The van der Waals surface area contributed by atoms with Gasteiger partial charge in [-0.15, -0.1) is 0 Å². The second-order valence-corrected chi connectivity index (χ2v) is 16.4. The number of ether oxygens (including phenoxy) is 4. The van der Waals surface area contributed by atoms with Gasteiger partial charge in [0.15, 0.2) is 0 Å². The van der Waals surface area contributed by atoms with E-state index >= 15 is 0 Å². The lowest BCUT2D eigenvalue weighted by atomic mass is 10.00. The van der Waals surface area contributed by atoms with Crippen molar-refractivity contribution in [3.8, 4) is 0 Å². The summed E-state index contributed by atoms with van der Waals surface area (Å²) in [5.74, 6) is -0.632. The van der Waals surface area contributed by atoms with Crippen LogP contribution in [0.4, 0.5) is 0 Å². The lowest BCUT2D eigenvalue weighted by Crippen LogP contribution is -2.36. The minimum Gasteiger partial charge on any atom is -0.464 e. The number of carbonyl (C=O) groups is 4. The van der Waals surface area contributed by atoms with Crippen molar-refractivity contribution in [1.82, 2.24) is 14.7 Å². The van der Waals surface area contributed by atoms with Gasteiger partial charge in [0.1, 0.15) is 26.4 Å². The number of nitrogens with zero attached hydrogens (tertiary/aromatic N) is 3. The Hall–Kier alpha value is -2.24. The highest BCUT2D eigenvalue weighted by atomic mass is 16.5. The molecule has 0 spiro atoms. The number of carbonyl (C=O) groups excluding carboxylic acids is 4. The molecule has 0 bridgehead atoms. The van der Waals surface area contributed by atoms with Crippen molar-refractivity contribution in [1.29, 1.82) is 0 Å². The van der Waals surface area contributed by atoms with Crippen LogP contribution in [0.3, 0.4) is 0 Å². The Morgan fingerprint density at radius 3 is 0.810 bits per heavy atom. The second kappa shape index (κ2) is 37.7. The van der Waals surface area contributed by atoms with Gasteiger partial charge in [-0.1, -0.05) is 107 Å². The van der Waals surface area contributed by atoms with Crippen molar-refractivity contribution in [2.24, 2.45) is 23.7 Å². The van der Waals surface area contributed by atoms with E-state index in [1.807, 2.05) is 27.7 Å². The molecule has 0 rings (SSSR count). The molecular weight excluding hydrogens is 735 g/mol. The van der Waals surface area contributed by atoms with Crippen molar-refractivity contribution < 1.29 is 38.1 Å². The first-order valence-electron chi connectivity index (χ1n) is 23.8. The zero-order valence-corrected chi connectivity index (χ0v) is 39.1. The molecule has 0 amide bonds. The molecule has 4 unspecified atom stereocenters. The highest BCUT2D eigenvalue weighted by Crippen LogP contribution is 2.17. The van der Waals surface area contributed by atoms with Crippen molar-refractivity contribution >= 4 is 23.9 Å². The van der Waals surface area contributed by atoms with E-state index in [2.05, 4.69) is 49.4 Å². The number of hydrogen-bond donors (Lipinski definition) is 0. The fraction of sp³-hybridized carbons (Fsp3) is 0.915. The van der Waals surface area contributed by atoms with Crippen LogP contribution < -0.4 is 0 Å². The summed E-state index contributed by atoms with van der Waals surface area (Å²) in [5.41, 5.74) is 0. The van der Waals surface area contributed by atoms with Gasteiger partial charge in [0.25, 0.3) is 0 Å². The fourth-order valence-corrected chi connectivity index (χ4v) is 7.24. The largest absolute Gasteiger partial charge is 0.464 e. The van der Waals surface area contributed by atoms with Crippen LogP contribution in [0.2, 0.25) is 0 Å². The summed E-state index contributed by atoms with van der Waals surface area (Å²) in [5, 5.41) is 0. The molecule has 0 saturated heterocycles. The van der Waals surface area contributed by atoms with Gasteiger partial charge in [0.2, 0.25) is 0 Å². The predicted molar refractivity (Wildman–Crippen MR) is 237 cm³/mol. The first-order valence-corrected chi connectivity index (χ1v) is 23.8. The lowest BCUT2D eigenvalue weighted by molar-refractivity contribution is -0.151. The highest BCUT2D eigenvalue weighted by molar-refractivity contribution is 5.73. The predicted octanol–water partition coefficient (Wildman–Crippen LogP) is 9.34. The van der Waals surface area contributed by atoms with E-state index in [-0.39, 0.29) is 47.5 Å². The average Bonchev–Trinajstić information content (AvgIpc) is 3.21. The summed E-state index contributed by atoms with van der Waals surface area (Å²) in [7, 11) is 2.13. The number of rotatable bonds is 40. The molecule has 0 aromatic carbocycles. The van der Waals surface area contributed by atoms with Crippen LogP contribution in [0.15, 0.2) is 0 Å². The quantitative estimate of drug-likeness (QED) is 0.0435. The van der Waals surface area contributed by atoms with Gasteiger partial charge in [-0.3, -0.25) is 29.0 Å². The average molecular weight is 826 g/mol. The fourth-order valence-electron chi connectivity index (χ4n) is 7.24. The molecule has 0 saturated carbocycles. The van der Waals surface area contributed by atoms with E-state index in [4.69, 9.17) is 18.9 Å². The Labute approximate surface area is 356 Å². The first kappa shape index (κ1) is 55.8. The van der Waals surface area contributed by atoms with Gasteiger partial charge >= 0.3 is 23.9 Å². The van der Waals surface area contributed by atoms with Crippen LogP contribution in [-0.4, -0.2) is 124 Å². The zero-order chi connectivity index (χ0) is 43.4. The molecule has 342 valence electrons. The lowest BCUT2D eigenvalue weighted by Gasteiger charge is -2.26. The number of unbranched alkanes of at least 4 members (excludes halogenated alkanes) is 4. The van der Waals surface area contributed by atoms with Crippen LogP contribution >= 0.6 is 0 Å². The molecule has 0 N–H and O–H groups in total. The first-order chi connectivity index (χ1) is 28.0. The van der Waals surface area contributed by atoms with Crippen molar-refractivity contribution in [3.63, 3.8) is 0 Å². The molecule has 0 fully saturated rings. The normalized spacial score (nSPS) is 13.7. The van der Waals surface area contributed by atoms with Crippen molar-refractivity contribution in [2.75, 3.05) is 85.8 Å². The molecule has 0 radical (unpaired) electrons. The van der Waals surface area contributed by atoms with E-state index in [1.165, 1.54) is 0 Å². The van der Waals surface area contributed by atoms with E-state index in [1.54, 1.807) is 0 Å². The second-order valence-electron chi connectivity index (χ2n) is 16.4. The summed E-state index contributed by atoms with van der Waals surface area (Å²) < 4.78 is 23.0. The van der Waals surface area contributed by atoms with Crippen molar-refractivity contribution in [2.45, 2.75) is 171 Å². The third-order valence-electron chi connectivity index (χ3n) is 11.6. The Morgan fingerprint density at radius 2 is 0.603 bits per heavy atom. The molecule has 0 aliphatic rings. The standard InChI is InChI=1S/C47H91N3O8/c1-10-18-24-40(14-5)44(51)55-36-32-49(33-37-56-45(52)41(15-6)25-19-11-2)30-22-28-48(9)29-23-31-50(34-38-57-46(53)42(16-7)26-20-12-3)35-39-58-47(54)43(17-8)27-21-13-4/h40-43H,10-39H2,1-9H3. The molecular formula is C47H91N3O8. The van der Waals surface area contributed by atoms with Gasteiger partial charge in [-0.2, -0.15) is 0 Å². The van der Waals surface area contributed by atoms with Crippen LogP contribution in [0.5, 0.6) is 0 Å². The summed E-state index contributed by atoms with van der Waals surface area (Å²) in [6, 6.07) is 0. The monoisotopic (exact) mass is 826 g/mol. The Morgan fingerprint density at radius 1 is 0.362 bits per heavy atom. The maximum absolute atomic E-state index is 12.8. The molecule has 11 heteroatoms. The molecule has 0 aromatic heterocycles. The van der Waals surface area contributed by atoms with E-state index in [9.17, 15) is 19.2 Å². The SMILES string of the molecule is CCCCC(CC)C(=O)OCCN(CCCN(C)CCCN(CCOC(=O)C(CC)CCCC)CCOC(=O)C(CC)CCCC)CCOC(=O)C(CC)CCCC. The summed E-state index contributed by atoms with van der Waals surface area (Å²) in [4.78, 5) is 57.9. The molecule has 0 aromatic rings. The summed E-state index contributed by atoms with van der Waals surface area (Å²) >= 11 is 0. The Kier molecular flexibility index (Phi) is 36.3. The van der Waals surface area contributed by atoms with Crippen LogP contribution in [-0.2, 0) is 38.1 Å². The number of hydrogen-bond acceptors (Lipinski definition) is 11. The third kappa shape index (κ3) is 27.5. The van der Waals surface area contributed by atoms with Crippen molar-refractivity contribution in [3.05, 3.63) is 0 Å². The van der Waals surface area contributed by atoms with Gasteiger partial charge in [-0.25, -0.2) is 0 Å². The van der Waals surface area contributed by atoms with E-state index in [0.717, 1.165) is 142 Å². The minimum absolute atomic E-state index is 0.0500. The number of esters is 4. The maximum Gasteiger partial charge on any atom is 0.308 e. The summed E-state index contributed by atoms with van der Waals surface area (Å²) in [6.07, 6.45) is 16.8. The Balaban J connectivity index is 5.25. The zero-order valence-electron chi connectivity index (χ0n) is 39.1. The molecule has 0 aliphatic heterocycles. The molecule has 0 heterocycles. The smallest absolute Gasteiger partial charge is 0.308 e. The molecule has 58 heavy (non-hydrogen) atoms. The van der Waals surface area contributed by atoms with E-state index in [0.29, 0.717) is 52.6 Å². The van der Waals surface area contributed by atoms with Crippen LogP contribution in [0, 0.1) is 23.7 Å². The summed E-state index contributed by atoms with van der Waals surface area (Å²) in [6.45, 7) is 23.8. The van der Waals surface area contributed by atoms with Gasteiger partial charge in [-0.05, 0) is 97.4 Å². The van der Waals surface area contributed by atoms with Gasteiger partial charge in [0, 0.05) is 26.2 Å². The molecule has 0 aliphatic carbocycles. The minimum atomic E-state index is -0.108. The molecule has 11 nitrogen and oxygen atoms in total. The molecule has 4 atom stereocenters. The van der Waals surface area contributed by atoms with E-state index < -0.39 is 0 Å².